The molecule has 1 amide bonds. The molecular formula is C19H14ClN5O. The molecule has 0 aliphatic carbocycles. The van der Waals surface area contributed by atoms with Gasteiger partial charge in [0.25, 0.3) is 5.91 Å². The molecule has 3 heterocycles. The minimum atomic E-state index is -0.347. The topological polar surface area (TPSA) is 79.3 Å². The monoisotopic (exact) mass is 363 g/mol. The van der Waals surface area contributed by atoms with Crippen LogP contribution in [0.1, 0.15) is 11.3 Å². The van der Waals surface area contributed by atoms with E-state index in [2.05, 4.69) is 25.6 Å². The molecule has 26 heavy (non-hydrogen) atoms. The maximum absolute atomic E-state index is 12.1. The predicted molar refractivity (Wildman–Crippen MR) is 101 cm³/mol. The van der Waals surface area contributed by atoms with Crippen LogP contribution in [-0.4, -0.2) is 21.8 Å². The first-order valence-electron chi connectivity index (χ1n) is 8.00. The van der Waals surface area contributed by atoms with Gasteiger partial charge in [0.2, 0.25) is 5.96 Å². The largest absolute Gasteiger partial charge is 0.352 e. The van der Waals surface area contributed by atoms with E-state index in [9.17, 15) is 4.79 Å². The maximum Gasteiger partial charge on any atom is 0.296 e. The summed E-state index contributed by atoms with van der Waals surface area (Å²) in [6, 6.07) is 14.9. The summed E-state index contributed by atoms with van der Waals surface area (Å²) in [7, 11) is 0. The van der Waals surface area contributed by atoms with Crippen LogP contribution in [0.15, 0.2) is 65.4 Å². The lowest BCUT2D eigenvalue weighted by Gasteiger charge is -2.07. The van der Waals surface area contributed by atoms with Crippen molar-refractivity contribution in [2.45, 2.75) is 6.54 Å². The molecule has 1 aromatic carbocycles. The molecule has 7 heteroatoms. The first kappa shape index (κ1) is 16.2. The molecule has 0 spiro atoms. The van der Waals surface area contributed by atoms with Gasteiger partial charge in [-0.3, -0.25) is 9.78 Å². The van der Waals surface area contributed by atoms with Crippen molar-refractivity contribution in [2.75, 3.05) is 0 Å². The number of amides is 1. The summed E-state index contributed by atoms with van der Waals surface area (Å²) in [5.74, 6) is 0.0448. The summed E-state index contributed by atoms with van der Waals surface area (Å²) in [5, 5.41) is 6.72. The fourth-order valence-electron chi connectivity index (χ4n) is 2.57. The molecule has 0 saturated carbocycles. The van der Waals surface area contributed by atoms with Crippen LogP contribution in [0.5, 0.6) is 0 Å². The molecule has 4 rings (SSSR count). The fourth-order valence-corrected chi connectivity index (χ4v) is 2.78. The molecule has 0 bridgehead atoms. The number of aromatic nitrogens is 2. The van der Waals surface area contributed by atoms with Crippen LogP contribution >= 0.6 is 11.6 Å². The second-order valence-electron chi connectivity index (χ2n) is 5.67. The van der Waals surface area contributed by atoms with Gasteiger partial charge in [-0.25, -0.2) is 4.98 Å². The minimum Gasteiger partial charge on any atom is -0.352 e. The number of benzene rings is 1. The normalized spacial score (nSPS) is 15.2. The summed E-state index contributed by atoms with van der Waals surface area (Å²) >= 11 is 6.13. The Kier molecular flexibility index (Phi) is 4.33. The van der Waals surface area contributed by atoms with Crippen LogP contribution < -0.4 is 10.6 Å². The minimum absolute atomic E-state index is 0.347. The van der Waals surface area contributed by atoms with E-state index in [1.54, 1.807) is 12.3 Å². The van der Waals surface area contributed by atoms with Gasteiger partial charge in [-0.15, -0.1) is 0 Å². The van der Waals surface area contributed by atoms with Gasteiger partial charge in [0, 0.05) is 17.8 Å². The molecule has 3 aromatic rings. The molecule has 0 atom stereocenters. The number of hydrogen-bond acceptors (Lipinski definition) is 5. The molecule has 0 fully saturated rings. The highest BCUT2D eigenvalue weighted by atomic mass is 35.5. The average Bonchev–Trinajstić information content (AvgIpc) is 3.00. The summed E-state index contributed by atoms with van der Waals surface area (Å²) in [5.41, 5.74) is 3.52. The number of pyridine rings is 2. The molecular weight excluding hydrogens is 350 g/mol. The summed E-state index contributed by atoms with van der Waals surface area (Å²) in [6.07, 6.45) is 3.39. The molecule has 1 aliphatic rings. The summed E-state index contributed by atoms with van der Waals surface area (Å²) < 4.78 is 0. The molecule has 128 valence electrons. The Morgan fingerprint density at radius 2 is 1.96 bits per heavy atom. The van der Waals surface area contributed by atoms with Crippen molar-refractivity contribution in [3.63, 3.8) is 0 Å². The smallest absolute Gasteiger partial charge is 0.296 e. The molecule has 2 N–H and O–H groups in total. The van der Waals surface area contributed by atoms with Gasteiger partial charge >= 0.3 is 0 Å². The molecule has 1 aliphatic heterocycles. The third-order valence-electron chi connectivity index (χ3n) is 3.87. The first-order valence-corrected chi connectivity index (χ1v) is 8.38. The van der Waals surface area contributed by atoms with Crippen molar-refractivity contribution in [1.29, 1.82) is 0 Å². The lowest BCUT2D eigenvalue weighted by molar-refractivity contribution is -0.114. The first-order chi connectivity index (χ1) is 12.7. The fraction of sp³-hybridized carbons (Fsp3) is 0.0526. The molecule has 0 saturated heterocycles. The van der Waals surface area contributed by atoms with Crippen LogP contribution in [0.3, 0.4) is 0 Å². The number of aliphatic imine (C=N–C) groups is 1. The zero-order chi connectivity index (χ0) is 17.9. The highest BCUT2D eigenvalue weighted by molar-refractivity contribution is 6.31. The quantitative estimate of drug-likeness (QED) is 0.699. The molecule has 0 unspecified atom stereocenters. The Labute approximate surface area is 154 Å². The van der Waals surface area contributed by atoms with Gasteiger partial charge in [0.05, 0.1) is 16.7 Å². The zero-order valence-electron chi connectivity index (χ0n) is 13.6. The van der Waals surface area contributed by atoms with E-state index in [1.807, 2.05) is 48.5 Å². The second-order valence-corrected chi connectivity index (χ2v) is 6.08. The highest BCUT2D eigenvalue weighted by Crippen LogP contribution is 2.15. The van der Waals surface area contributed by atoms with Gasteiger partial charge in [-0.2, -0.15) is 4.99 Å². The van der Waals surface area contributed by atoms with E-state index in [4.69, 9.17) is 11.6 Å². The number of rotatable bonds is 3. The Morgan fingerprint density at radius 1 is 1.08 bits per heavy atom. The van der Waals surface area contributed by atoms with Crippen molar-refractivity contribution in [3.8, 4) is 0 Å². The number of fused-ring (bicyclic) bond motifs is 1. The molecule has 2 aromatic heterocycles. The van der Waals surface area contributed by atoms with Crippen LogP contribution in [0, 0.1) is 0 Å². The van der Waals surface area contributed by atoms with Crippen molar-refractivity contribution >= 4 is 40.6 Å². The Hall–Kier alpha value is -3.25. The number of hydrogen-bond donors (Lipinski definition) is 2. The van der Waals surface area contributed by atoms with Gasteiger partial charge in [0.1, 0.15) is 5.70 Å². The lowest BCUT2D eigenvalue weighted by atomic mass is 10.2. The predicted octanol–water partition coefficient (Wildman–Crippen LogP) is 2.90. The number of carbonyl (C=O) groups is 1. The average molecular weight is 364 g/mol. The van der Waals surface area contributed by atoms with Crippen molar-refractivity contribution in [2.24, 2.45) is 4.99 Å². The maximum atomic E-state index is 12.1. The van der Waals surface area contributed by atoms with Crippen LogP contribution in [0.4, 0.5) is 0 Å². The lowest BCUT2D eigenvalue weighted by Crippen LogP contribution is -2.32. The van der Waals surface area contributed by atoms with Crippen LogP contribution in [0.25, 0.3) is 17.1 Å². The van der Waals surface area contributed by atoms with Crippen molar-refractivity contribution in [3.05, 3.63) is 76.7 Å². The molecule has 0 radical (unpaired) electrons. The van der Waals surface area contributed by atoms with Crippen molar-refractivity contribution in [1.82, 2.24) is 20.6 Å². The number of nitrogens with zero attached hydrogens (tertiary/aromatic N) is 3. The van der Waals surface area contributed by atoms with Gasteiger partial charge in [-0.05, 0) is 42.0 Å². The third-order valence-corrected chi connectivity index (χ3v) is 4.24. The van der Waals surface area contributed by atoms with E-state index >= 15 is 0 Å². The van der Waals surface area contributed by atoms with Crippen LogP contribution in [-0.2, 0) is 11.3 Å². The Bertz CT molecular complexity index is 1060. The van der Waals surface area contributed by atoms with Gasteiger partial charge < -0.3 is 10.6 Å². The molecule has 6 nitrogen and oxygen atoms in total. The standard InChI is InChI=1S/C19H14ClN5O/c20-14-5-2-1-4-12(14)11-22-19-24-17(18(26)25-19)10-13-7-8-15-16(23-13)6-3-9-21-15/h1-10H,11H2,(H2,22,24,25,26)/b17-10-. The summed E-state index contributed by atoms with van der Waals surface area (Å²) in [6.45, 7) is 0.464. The Balaban J connectivity index is 1.48. The zero-order valence-corrected chi connectivity index (χ0v) is 14.4. The van der Waals surface area contributed by atoms with Gasteiger partial charge in [-0.1, -0.05) is 29.8 Å². The van der Waals surface area contributed by atoms with E-state index in [1.165, 1.54) is 0 Å². The highest BCUT2D eigenvalue weighted by Gasteiger charge is 2.20. The van der Waals surface area contributed by atoms with E-state index in [0.717, 1.165) is 16.6 Å². The van der Waals surface area contributed by atoms with E-state index in [-0.39, 0.29) is 5.91 Å². The van der Waals surface area contributed by atoms with Gasteiger partial charge in [0.15, 0.2) is 0 Å². The van der Waals surface area contributed by atoms with Crippen LogP contribution in [0.2, 0.25) is 5.02 Å². The number of guanidine groups is 1. The summed E-state index contributed by atoms with van der Waals surface area (Å²) in [4.78, 5) is 24.8. The number of nitrogens with one attached hydrogen (secondary N) is 2. The van der Waals surface area contributed by atoms with Crippen molar-refractivity contribution < 1.29 is 4.79 Å². The van der Waals surface area contributed by atoms with E-state index < -0.39 is 0 Å². The number of halogens is 1. The second kappa shape index (κ2) is 6.93. The number of carbonyl (C=O) groups excluding carboxylic acids is 1. The Morgan fingerprint density at radius 3 is 2.85 bits per heavy atom. The third kappa shape index (κ3) is 3.41. The SMILES string of the molecule is O=C1N=C(NCc2ccccc2Cl)N/C1=C\c1ccc2ncccc2n1. The van der Waals surface area contributed by atoms with E-state index in [0.29, 0.717) is 28.9 Å².